The van der Waals surface area contributed by atoms with E-state index in [1.54, 1.807) is 0 Å². The van der Waals surface area contributed by atoms with E-state index >= 15 is 0 Å². The van der Waals surface area contributed by atoms with Gasteiger partial charge >= 0.3 is 0 Å². The van der Waals surface area contributed by atoms with E-state index < -0.39 is 35.1 Å². The lowest BCUT2D eigenvalue weighted by molar-refractivity contribution is -0.187. The third kappa shape index (κ3) is 6.46. The third-order valence-corrected chi connectivity index (χ3v) is 7.43. The number of rotatable bonds is 8. The van der Waals surface area contributed by atoms with Crippen LogP contribution in [-0.4, -0.2) is 48.7 Å². The van der Waals surface area contributed by atoms with Gasteiger partial charge in [-0.15, -0.1) is 0 Å². The maximum atomic E-state index is 13.7. The second kappa shape index (κ2) is 11.0. The summed E-state index contributed by atoms with van der Waals surface area (Å²) in [6.07, 6.45) is 1.97. The fourth-order valence-electron chi connectivity index (χ4n) is 5.17. The van der Waals surface area contributed by atoms with Gasteiger partial charge in [0.05, 0.1) is 25.4 Å². The molecule has 2 aliphatic rings. The summed E-state index contributed by atoms with van der Waals surface area (Å²) in [6, 6.07) is 10.6. The molecule has 1 heterocycles. The Morgan fingerprint density at radius 3 is 2.34 bits per heavy atom. The Labute approximate surface area is 212 Å². The molecule has 2 atom stereocenters. The molecule has 1 unspecified atom stereocenters. The van der Waals surface area contributed by atoms with Crippen molar-refractivity contribution >= 4 is 21.8 Å². The zero-order valence-electron chi connectivity index (χ0n) is 19.7. The predicted octanol–water partition coefficient (Wildman–Crippen LogP) is 3.94. The molecule has 190 valence electrons. The van der Waals surface area contributed by atoms with Gasteiger partial charge < -0.3 is 25.2 Å². The molecule has 0 bridgehead atoms. The lowest BCUT2D eigenvalue weighted by atomic mass is 9.74. The van der Waals surface area contributed by atoms with E-state index in [9.17, 15) is 18.7 Å². The van der Waals surface area contributed by atoms with Gasteiger partial charge in [0.1, 0.15) is 11.6 Å². The lowest BCUT2D eigenvalue weighted by Gasteiger charge is -2.45. The summed E-state index contributed by atoms with van der Waals surface area (Å²) in [4.78, 5) is 11.8. The number of halogens is 3. The first kappa shape index (κ1) is 26.2. The van der Waals surface area contributed by atoms with Gasteiger partial charge in [-0.1, -0.05) is 28.1 Å². The topological polar surface area (TPSA) is 79.8 Å². The van der Waals surface area contributed by atoms with Crippen LogP contribution < -0.4 is 10.6 Å². The lowest BCUT2D eigenvalue weighted by Crippen LogP contribution is -2.55. The molecule has 1 spiro atoms. The molecule has 1 saturated heterocycles. The van der Waals surface area contributed by atoms with Gasteiger partial charge in [0.25, 0.3) is 0 Å². The van der Waals surface area contributed by atoms with Crippen LogP contribution in [0.1, 0.15) is 43.7 Å². The Hall–Kier alpha value is -1.91. The molecular weight excluding hydrogens is 522 g/mol. The van der Waals surface area contributed by atoms with Crippen molar-refractivity contribution in [1.82, 2.24) is 10.6 Å². The summed E-state index contributed by atoms with van der Waals surface area (Å²) in [7, 11) is 0. The monoisotopic (exact) mass is 552 g/mol. The van der Waals surface area contributed by atoms with E-state index in [0.29, 0.717) is 31.6 Å². The second-order valence-electron chi connectivity index (χ2n) is 9.44. The molecule has 0 aromatic heterocycles. The molecule has 6 nitrogen and oxygen atoms in total. The molecule has 4 rings (SSSR count). The Morgan fingerprint density at radius 2 is 1.74 bits per heavy atom. The maximum absolute atomic E-state index is 13.7. The van der Waals surface area contributed by atoms with Gasteiger partial charge in [-0.25, -0.2) is 8.78 Å². The first-order chi connectivity index (χ1) is 16.7. The number of benzene rings is 2. The number of carbonyl (C=O) groups is 1. The maximum Gasteiger partial charge on any atom is 0.217 e. The first-order valence-corrected chi connectivity index (χ1v) is 12.7. The van der Waals surface area contributed by atoms with Crippen LogP contribution >= 0.6 is 15.9 Å². The predicted molar refractivity (Wildman–Crippen MR) is 131 cm³/mol. The quantitative estimate of drug-likeness (QED) is 0.462. The Balaban J connectivity index is 1.51. The average molecular weight is 553 g/mol. The molecule has 0 radical (unpaired) electrons. The van der Waals surface area contributed by atoms with E-state index in [0.717, 1.165) is 28.9 Å². The normalized spacial score (nSPS) is 20.5. The standard InChI is InChI=1S/C26H31BrF2N2O4/c1-17(32)31-23(13-18-11-21(28)15-22(29)12-18)24(33)16-30-25(19-3-2-4-20(27)14-19)5-7-26(8-6-25)34-9-10-35-26/h2-4,11-12,14-15,23-24,30,33H,5-10,13,16H2,1H3,(H,31,32)/t23?,24-/m1/s1. The molecule has 2 aromatic carbocycles. The SMILES string of the molecule is CC(=O)NC(Cc1cc(F)cc(F)c1)[C@H](O)CNC1(c2cccc(Br)c2)CCC2(CC1)OCCO2. The van der Waals surface area contributed by atoms with Crippen LogP contribution in [0.25, 0.3) is 0 Å². The average Bonchev–Trinajstić information content (AvgIpc) is 3.26. The molecule has 2 fully saturated rings. The number of ether oxygens (including phenoxy) is 2. The number of amides is 1. The smallest absolute Gasteiger partial charge is 0.217 e. The zero-order chi connectivity index (χ0) is 25.1. The Bertz CT molecular complexity index is 1020. The van der Waals surface area contributed by atoms with Crippen LogP contribution in [0, 0.1) is 11.6 Å². The minimum Gasteiger partial charge on any atom is -0.390 e. The number of nitrogens with one attached hydrogen (secondary N) is 2. The van der Waals surface area contributed by atoms with Crippen LogP contribution in [0.4, 0.5) is 8.78 Å². The van der Waals surface area contributed by atoms with E-state index in [-0.39, 0.29) is 18.9 Å². The molecule has 1 amide bonds. The summed E-state index contributed by atoms with van der Waals surface area (Å²) >= 11 is 3.56. The third-order valence-electron chi connectivity index (χ3n) is 6.94. The van der Waals surface area contributed by atoms with E-state index in [4.69, 9.17) is 9.47 Å². The van der Waals surface area contributed by atoms with Gasteiger partial charge in [-0.05, 0) is 54.7 Å². The van der Waals surface area contributed by atoms with Gasteiger partial charge in [0, 0.05) is 42.4 Å². The zero-order valence-corrected chi connectivity index (χ0v) is 21.2. The molecule has 2 aromatic rings. The number of aliphatic hydroxyl groups is 1. The first-order valence-electron chi connectivity index (χ1n) is 11.9. The van der Waals surface area contributed by atoms with Crippen LogP contribution in [0.3, 0.4) is 0 Å². The van der Waals surface area contributed by atoms with Gasteiger partial charge in [0.2, 0.25) is 5.91 Å². The van der Waals surface area contributed by atoms with Crippen molar-refractivity contribution in [2.45, 2.75) is 62.5 Å². The van der Waals surface area contributed by atoms with Crippen molar-refractivity contribution in [2.75, 3.05) is 19.8 Å². The number of hydrogen-bond donors (Lipinski definition) is 3. The van der Waals surface area contributed by atoms with Crippen molar-refractivity contribution in [1.29, 1.82) is 0 Å². The summed E-state index contributed by atoms with van der Waals surface area (Å²) in [5.41, 5.74) is 1.00. The van der Waals surface area contributed by atoms with Crippen molar-refractivity contribution in [2.24, 2.45) is 0 Å². The fraction of sp³-hybridized carbons (Fsp3) is 0.500. The highest BCUT2D eigenvalue weighted by Crippen LogP contribution is 2.45. The van der Waals surface area contributed by atoms with Crippen molar-refractivity contribution in [3.8, 4) is 0 Å². The van der Waals surface area contributed by atoms with E-state index in [1.165, 1.54) is 19.1 Å². The highest BCUT2D eigenvalue weighted by atomic mass is 79.9. The Morgan fingerprint density at radius 1 is 1.09 bits per heavy atom. The second-order valence-corrected chi connectivity index (χ2v) is 10.4. The highest BCUT2D eigenvalue weighted by Gasteiger charge is 2.47. The van der Waals surface area contributed by atoms with Gasteiger partial charge in [-0.3, -0.25) is 4.79 Å². The highest BCUT2D eigenvalue weighted by molar-refractivity contribution is 9.10. The van der Waals surface area contributed by atoms with Crippen molar-refractivity contribution < 1.29 is 28.2 Å². The number of aliphatic hydroxyl groups excluding tert-OH is 1. The van der Waals surface area contributed by atoms with Crippen LogP contribution in [0.15, 0.2) is 46.9 Å². The summed E-state index contributed by atoms with van der Waals surface area (Å²) in [6.45, 7) is 2.71. The molecule has 3 N–H and O–H groups in total. The fourth-order valence-corrected chi connectivity index (χ4v) is 5.57. The van der Waals surface area contributed by atoms with Crippen LogP contribution in [0.2, 0.25) is 0 Å². The largest absolute Gasteiger partial charge is 0.390 e. The Kier molecular flexibility index (Phi) is 8.23. The van der Waals surface area contributed by atoms with E-state index in [1.807, 2.05) is 12.1 Å². The summed E-state index contributed by atoms with van der Waals surface area (Å²) < 4.78 is 40.2. The minimum absolute atomic E-state index is 0.0891. The molecule has 1 saturated carbocycles. The number of carbonyl (C=O) groups excluding carboxylic acids is 1. The summed E-state index contributed by atoms with van der Waals surface area (Å²) in [5, 5.41) is 17.4. The molecule has 9 heteroatoms. The minimum atomic E-state index is -0.996. The molecule has 35 heavy (non-hydrogen) atoms. The van der Waals surface area contributed by atoms with Gasteiger partial charge in [0.15, 0.2) is 5.79 Å². The summed E-state index contributed by atoms with van der Waals surface area (Å²) in [5.74, 6) is -2.27. The van der Waals surface area contributed by atoms with Crippen LogP contribution in [0.5, 0.6) is 0 Å². The number of hydrogen-bond acceptors (Lipinski definition) is 5. The van der Waals surface area contributed by atoms with Gasteiger partial charge in [-0.2, -0.15) is 0 Å². The van der Waals surface area contributed by atoms with Crippen molar-refractivity contribution in [3.05, 3.63) is 69.7 Å². The molecule has 1 aliphatic carbocycles. The molecular formula is C26H31BrF2N2O4. The van der Waals surface area contributed by atoms with E-state index in [2.05, 4.69) is 38.7 Å². The van der Waals surface area contributed by atoms with Crippen LogP contribution in [-0.2, 0) is 26.2 Å². The van der Waals surface area contributed by atoms with Crippen molar-refractivity contribution in [3.63, 3.8) is 0 Å². The molecule has 1 aliphatic heterocycles.